The number of anilines is 1. The average Bonchev–Trinajstić information content (AvgIpc) is 3.45. The summed E-state index contributed by atoms with van der Waals surface area (Å²) in [5.41, 5.74) is 3.82. The molecular formula is C32H26ClN3O4S2. The molecule has 4 aromatic rings. The monoisotopic (exact) mass is 615 g/mol. The molecule has 0 saturated carbocycles. The number of halogens is 1. The summed E-state index contributed by atoms with van der Waals surface area (Å²) in [6, 6.07) is 21.8. The zero-order valence-electron chi connectivity index (χ0n) is 23.1. The van der Waals surface area contributed by atoms with Crippen LogP contribution < -0.4 is 19.8 Å². The topological polar surface area (TPSA) is 81.0 Å². The maximum Gasteiger partial charge on any atom is 0.338 e. The minimum Gasteiger partial charge on any atom is -0.463 e. The van der Waals surface area contributed by atoms with Gasteiger partial charge in [0.05, 0.1) is 41.7 Å². The van der Waals surface area contributed by atoms with Crippen LogP contribution in [0.25, 0.3) is 5.57 Å². The number of thioether (sulfide) groups is 1. The molecular weight excluding hydrogens is 590 g/mol. The maximum atomic E-state index is 14.3. The molecule has 2 aliphatic rings. The van der Waals surface area contributed by atoms with E-state index in [1.165, 1.54) is 15.9 Å². The summed E-state index contributed by atoms with van der Waals surface area (Å²) in [4.78, 5) is 49.4. The lowest BCUT2D eigenvalue weighted by Gasteiger charge is -2.24. The van der Waals surface area contributed by atoms with Gasteiger partial charge in [0.15, 0.2) is 4.80 Å². The smallest absolute Gasteiger partial charge is 0.338 e. The van der Waals surface area contributed by atoms with Crippen LogP contribution in [-0.4, -0.2) is 29.3 Å². The van der Waals surface area contributed by atoms with Crippen molar-refractivity contribution in [3.63, 3.8) is 0 Å². The van der Waals surface area contributed by atoms with Crippen molar-refractivity contribution in [1.29, 1.82) is 0 Å². The van der Waals surface area contributed by atoms with Gasteiger partial charge in [-0.05, 0) is 61.6 Å². The molecule has 3 heterocycles. The summed E-state index contributed by atoms with van der Waals surface area (Å²) < 4.78 is 7.22. The lowest BCUT2D eigenvalue weighted by Crippen LogP contribution is -2.41. The number of thiazole rings is 1. The van der Waals surface area contributed by atoms with Crippen molar-refractivity contribution < 1.29 is 14.3 Å². The van der Waals surface area contributed by atoms with Crippen molar-refractivity contribution in [2.45, 2.75) is 31.3 Å². The molecule has 0 fully saturated rings. The number of hydrogen-bond acceptors (Lipinski definition) is 7. The van der Waals surface area contributed by atoms with Crippen molar-refractivity contribution in [3.05, 3.63) is 125 Å². The number of rotatable bonds is 6. The number of carbonyl (C=O) groups is 2. The number of ether oxygens (including phenoxy) is 1. The van der Waals surface area contributed by atoms with E-state index in [1.54, 1.807) is 42.6 Å². The Morgan fingerprint density at radius 3 is 2.45 bits per heavy atom. The maximum absolute atomic E-state index is 14.3. The van der Waals surface area contributed by atoms with Crippen molar-refractivity contribution in [1.82, 2.24) is 4.57 Å². The van der Waals surface area contributed by atoms with Gasteiger partial charge in [0.2, 0.25) is 0 Å². The molecule has 0 bridgehead atoms. The van der Waals surface area contributed by atoms with Crippen LogP contribution in [0.2, 0.25) is 5.02 Å². The lowest BCUT2D eigenvalue weighted by atomic mass is 9.96. The highest BCUT2D eigenvalue weighted by molar-refractivity contribution is 7.98. The second kappa shape index (κ2) is 11.4. The highest BCUT2D eigenvalue weighted by Crippen LogP contribution is 2.37. The van der Waals surface area contributed by atoms with E-state index < -0.39 is 12.0 Å². The number of fused-ring (bicyclic) bond motifs is 2. The normalized spacial score (nSPS) is 17.2. The quantitative estimate of drug-likeness (QED) is 0.223. The van der Waals surface area contributed by atoms with Gasteiger partial charge >= 0.3 is 5.97 Å². The fourth-order valence-electron chi connectivity index (χ4n) is 5.37. The van der Waals surface area contributed by atoms with Crippen LogP contribution >= 0.6 is 34.7 Å². The highest BCUT2D eigenvalue weighted by atomic mass is 35.5. The summed E-state index contributed by atoms with van der Waals surface area (Å²) >= 11 is 8.84. The first kappa shape index (κ1) is 28.2. The van der Waals surface area contributed by atoms with E-state index in [0.29, 0.717) is 38.8 Å². The number of para-hydroxylation sites is 1. The average molecular weight is 616 g/mol. The number of allylic oxidation sites excluding steroid dienone is 1. The lowest BCUT2D eigenvalue weighted by molar-refractivity contribution is -0.139. The molecule has 1 atom stereocenters. The van der Waals surface area contributed by atoms with Gasteiger partial charge in [0, 0.05) is 15.5 Å². The van der Waals surface area contributed by atoms with E-state index in [2.05, 4.69) is 4.99 Å². The summed E-state index contributed by atoms with van der Waals surface area (Å²) in [5, 5.41) is 0.615. The number of aromatic nitrogens is 1. The molecule has 1 aromatic heterocycles. The van der Waals surface area contributed by atoms with E-state index in [0.717, 1.165) is 21.7 Å². The first-order chi connectivity index (χ1) is 20.3. The minimum absolute atomic E-state index is 0.192. The molecule has 0 unspecified atom stereocenters. The molecule has 3 aromatic carbocycles. The van der Waals surface area contributed by atoms with Crippen LogP contribution in [0.15, 0.2) is 98.7 Å². The first-order valence-electron chi connectivity index (χ1n) is 13.3. The molecule has 0 spiro atoms. The molecule has 0 saturated heterocycles. The SMILES string of the molecule is CCOC(=O)C1=C(C)N=c2s/c(=C3/C(=O)N(Cc4ccc(Cl)cc4)c4ccccc43)c(=O)n2[C@@H]1c1ccc(SC)cc1. The number of esters is 1. The third-order valence-electron chi connectivity index (χ3n) is 7.33. The van der Waals surface area contributed by atoms with E-state index in [9.17, 15) is 14.4 Å². The van der Waals surface area contributed by atoms with Crippen molar-refractivity contribution in [3.8, 4) is 0 Å². The number of benzene rings is 3. The van der Waals surface area contributed by atoms with E-state index in [-0.39, 0.29) is 22.6 Å². The molecule has 7 nitrogen and oxygen atoms in total. The number of nitrogens with zero attached hydrogens (tertiary/aromatic N) is 3. The molecule has 0 radical (unpaired) electrons. The summed E-state index contributed by atoms with van der Waals surface area (Å²) in [7, 11) is 0. The fourth-order valence-corrected chi connectivity index (χ4v) is 7.04. The van der Waals surface area contributed by atoms with E-state index >= 15 is 0 Å². The zero-order chi connectivity index (χ0) is 29.5. The first-order valence-corrected chi connectivity index (χ1v) is 15.8. The molecule has 1 amide bonds. The van der Waals surface area contributed by atoms with Gasteiger partial charge < -0.3 is 9.64 Å². The van der Waals surface area contributed by atoms with Crippen LogP contribution in [-0.2, 0) is 20.9 Å². The molecule has 6 rings (SSSR count). The van der Waals surface area contributed by atoms with Crippen LogP contribution in [0.3, 0.4) is 0 Å². The molecule has 10 heteroatoms. The molecule has 2 aliphatic heterocycles. The van der Waals surface area contributed by atoms with Gasteiger partial charge in [-0.2, -0.15) is 0 Å². The summed E-state index contributed by atoms with van der Waals surface area (Å²) in [5.74, 6) is -0.786. The van der Waals surface area contributed by atoms with Crippen LogP contribution in [0.1, 0.15) is 36.6 Å². The Balaban J connectivity index is 1.56. The Bertz CT molecular complexity index is 1940. The third kappa shape index (κ3) is 4.81. The summed E-state index contributed by atoms with van der Waals surface area (Å²) in [6.45, 7) is 4.01. The standard InChI is InChI=1S/C32H26ClN3O4S2/c1-4-40-31(39)25-18(2)34-32-36(27(25)20-11-15-22(41-3)16-12-20)30(38)28(42-32)26-23-7-5-6-8-24(23)35(29(26)37)17-19-9-13-21(33)14-10-19/h5-16,27H,4,17H2,1-3H3/b28-26+/t27-/m1/s1. The second-order valence-electron chi connectivity index (χ2n) is 9.81. The number of carbonyl (C=O) groups excluding carboxylic acids is 2. The van der Waals surface area contributed by atoms with Crippen LogP contribution in [0.4, 0.5) is 5.69 Å². The van der Waals surface area contributed by atoms with E-state index in [4.69, 9.17) is 16.3 Å². The predicted octanol–water partition coefficient (Wildman–Crippen LogP) is 5.09. The number of amides is 1. The van der Waals surface area contributed by atoms with Crippen molar-refractivity contribution in [2.75, 3.05) is 17.8 Å². The Morgan fingerprint density at radius 2 is 1.76 bits per heavy atom. The zero-order valence-corrected chi connectivity index (χ0v) is 25.5. The summed E-state index contributed by atoms with van der Waals surface area (Å²) in [6.07, 6.45) is 1.99. The Hall–Kier alpha value is -3.92. The Morgan fingerprint density at radius 1 is 1.05 bits per heavy atom. The van der Waals surface area contributed by atoms with Gasteiger partial charge in [-0.25, -0.2) is 9.79 Å². The van der Waals surface area contributed by atoms with Gasteiger partial charge in [-0.3, -0.25) is 14.2 Å². The second-order valence-corrected chi connectivity index (χ2v) is 12.1. The van der Waals surface area contributed by atoms with Crippen LogP contribution in [0.5, 0.6) is 0 Å². The molecule has 0 N–H and O–H groups in total. The van der Waals surface area contributed by atoms with Crippen molar-refractivity contribution >= 4 is 57.8 Å². The fraction of sp³-hybridized carbons (Fsp3) is 0.188. The Labute approximate surface area is 255 Å². The predicted molar refractivity (Wildman–Crippen MR) is 167 cm³/mol. The van der Waals surface area contributed by atoms with Gasteiger partial charge in [0.25, 0.3) is 11.5 Å². The number of hydrogen-bond donors (Lipinski definition) is 0. The minimum atomic E-state index is -0.748. The van der Waals surface area contributed by atoms with Gasteiger partial charge in [-0.1, -0.05) is 65.4 Å². The third-order valence-corrected chi connectivity index (χ3v) is 9.38. The molecule has 212 valence electrons. The molecule has 42 heavy (non-hydrogen) atoms. The largest absolute Gasteiger partial charge is 0.463 e. The highest BCUT2D eigenvalue weighted by Gasteiger charge is 2.37. The molecule has 0 aliphatic carbocycles. The van der Waals surface area contributed by atoms with Gasteiger partial charge in [-0.15, -0.1) is 11.8 Å². The van der Waals surface area contributed by atoms with E-state index in [1.807, 2.05) is 66.9 Å². The van der Waals surface area contributed by atoms with Gasteiger partial charge in [0.1, 0.15) is 4.53 Å². The van der Waals surface area contributed by atoms with Crippen molar-refractivity contribution in [2.24, 2.45) is 4.99 Å². The Kier molecular flexibility index (Phi) is 7.66. The van der Waals surface area contributed by atoms with Crippen LogP contribution in [0, 0.1) is 0 Å².